The topological polar surface area (TPSA) is 33.4 Å². The van der Waals surface area contributed by atoms with E-state index in [0.29, 0.717) is 4.67 Å². The van der Waals surface area contributed by atoms with Gasteiger partial charge in [-0.25, -0.2) is 0 Å². The summed E-state index contributed by atoms with van der Waals surface area (Å²) in [7, 11) is 0. The van der Waals surface area contributed by atoms with Gasteiger partial charge in [-0.05, 0) is 41.8 Å². The van der Waals surface area contributed by atoms with Crippen LogP contribution in [0.1, 0.15) is 24.2 Å². The molecule has 1 N–H and O–H groups in total. The summed E-state index contributed by atoms with van der Waals surface area (Å²) in [5.41, 5.74) is 0.365. The van der Waals surface area contributed by atoms with Crippen LogP contribution in [0, 0.1) is 6.92 Å². The summed E-state index contributed by atoms with van der Waals surface area (Å²) in [5.74, 6) is 0.817. The van der Waals surface area contributed by atoms with Crippen molar-refractivity contribution in [3.05, 3.63) is 22.1 Å². The van der Waals surface area contributed by atoms with Crippen molar-refractivity contribution in [1.29, 1.82) is 0 Å². The lowest BCUT2D eigenvalue weighted by Crippen LogP contribution is -2.03. The van der Waals surface area contributed by atoms with Gasteiger partial charge in [-0.15, -0.1) is 0 Å². The van der Waals surface area contributed by atoms with Gasteiger partial charge in [0.05, 0.1) is 5.60 Å². The Morgan fingerprint density at radius 2 is 2.27 bits per heavy atom. The maximum Gasteiger partial charge on any atom is 0.169 e. The Kier molecular flexibility index (Phi) is 1.41. The lowest BCUT2D eigenvalue weighted by atomic mass is 10.1. The predicted molar refractivity (Wildman–Crippen MR) is 44.3 cm³/mol. The minimum absolute atomic E-state index is 0.570. The van der Waals surface area contributed by atoms with Gasteiger partial charge in [-0.3, -0.25) is 0 Å². The molecule has 1 fully saturated rings. The van der Waals surface area contributed by atoms with E-state index in [4.69, 9.17) is 4.42 Å². The summed E-state index contributed by atoms with van der Waals surface area (Å²) in [4.78, 5) is 0. The lowest BCUT2D eigenvalue weighted by Gasteiger charge is -2.03. The predicted octanol–water partition coefficient (Wildman–Crippen LogP) is 2.33. The molecule has 0 saturated heterocycles. The molecule has 1 aliphatic rings. The monoisotopic (exact) mass is 216 g/mol. The van der Waals surface area contributed by atoms with Gasteiger partial charge in [-0.1, -0.05) is 0 Å². The van der Waals surface area contributed by atoms with Gasteiger partial charge in [-0.2, -0.15) is 0 Å². The highest BCUT2D eigenvalue weighted by Crippen LogP contribution is 2.47. The van der Waals surface area contributed by atoms with E-state index in [9.17, 15) is 5.11 Å². The van der Waals surface area contributed by atoms with Gasteiger partial charge in [0, 0.05) is 5.56 Å². The Balaban J connectivity index is 2.44. The standard InChI is InChI=1S/C8H9BrO2/c1-5-6(4-7(9)11-5)8(10)2-3-8/h4,10H,2-3H2,1H3. The van der Waals surface area contributed by atoms with E-state index in [-0.39, 0.29) is 0 Å². The van der Waals surface area contributed by atoms with Crippen LogP contribution in [0.25, 0.3) is 0 Å². The number of aliphatic hydroxyl groups is 1. The second-order valence-corrected chi connectivity index (χ2v) is 3.83. The molecule has 0 aliphatic heterocycles. The zero-order valence-electron chi connectivity index (χ0n) is 6.22. The first-order valence-corrected chi connectivity index (χ1v) is 4.40. The van der Waals surface area contributed by atoms with Crippen molar-refractivity contribution < 1.29 is 9.52 Å². The molecule has 0 radical (unpaired) electrons. The first-order valence-electron chi connectivity index (χ1n) is 3.61. The Morgan fingerprint density at radius 3 is 2.64 bits per heavy atom. The number of hydrogen-bond acceptors (Lipinski definition) is 2. The van der Waals surface area contributed by atoms with Crippen LogP contribution in [-0.2, 0) is 5.60 Å². The maximum absolute atomic E-state index is 9.71. The SMILES string of the molecule is Cc1oc(Br)cc1C1(O)CC1. The third-order valence-corrected chi connectivity index (χ3v) is 2.50. The highest BCUT2D eigenvalue weighted by molar-refractivity contribution is 9.10. The molecule has 0 aromatic carbocycles. The van der Waals surface area contributed by atoms with E-state index in [0.717, 1.165) is 24.2 Å². The molecule has 2 rings (SSSR count). The number of furan rings is 1. The average molecular weight is 217 g/mol. The highest BCUT2D eigenvalue weighted by atomic mass is 79.9. The number of rotatable bonds is 1. The van der Waals surface area contributed by atoms with Crippen LogP contribution in [0.15, 0.2) is 15.2 Å². The van der Waals surface area contributed by atoms with Crippen LogP contribution in [0.4, 0.5) is 0 Å². The van der Waals surface area contributed by atoms with E-state index in [1.165, 1.54) is 0 Å². The molecule has 0 atom stereocenters. The molecule has 11 heavy (non-hydrogen) atoms. The largest absolute Gasteiger partial charge is 0.454 e. The van der Waals surface area contributed by atoms with Crippen molar-refractivity contribution >= 4 is 15.9 Å². The fourth-order valence-corrected chi connectivity index (χ4v) is 1.77. The minimum Gasteiger partial charge on any atom is -0.454 e. The highest BCUT2D eigenvalue weighted by Gasteiger charge is 2.44. The zero-order valence-corrected chi connectivity index (χ0v) is 7.81. The fourth-order valence-electron chi connectivity index (χ4n) is 1.30. The molecule has 0 spiro atoms. The van der Waals surface area contributed by atoms with Crippen LogP contribution in [0.2, 0.25) is 0 Å². The van der Waals surface area contributed by atoms with E-state index < -0.39 is 5.60 Å². The molecule has 0 amide bonds. The molecule has 1 heterocycles. The quantitative estimate of drug-likeness (QED) is 0.783. The third kappa shape index (κ3) is 1.12. The van der Waals surface area contributed by atoms with Gasteiger partial charge in [0.1, 0.15) is 5.76 Å². The number of hydrogen-bond donors (Lipinski definition) is 1. The van der Waals surface area contributed by atoms with Crippen LogP contribution in [-0.4, -0.2) is 5.11 Å². The van der Waals surface area contributed by atoms with Crippen molar-refractivity contribution in [2.45, 2.75) is 25.4 Å². The average Bonchev–Trinajstić information content (AvgIpc) is 2.55. The van der Waals surface area contributed by atoms with E-state index in [2.05, 4.69) is 15.9 Å². The summed E-state index contributed by atoms with van der Waals surface area (Å²) in [5, 5.41) is 9.71. The first-order chi connectivity index (χ1) is 5.12. The maximum atomic E-state index is 9.71. The van der Waals surface area contributed by atoms with E-state index in [1.807, 2.05) is 13.0 Å². The molecule has 1 saturated carbocycles. The molecule has 1 aromatic heterocycles. The second-order valence-electron chi connectivity index (χ2n) is 3.05. The minimum atomic E-state index is -0.570. The third-order valence-electron chi connectivity index (χ3n) is 2.11. The Labute approximate surface area is 73.3 Å². The summed E-state index contributed by atoms with van der Waals surface area (Å²) < 4.78 is 5.94. The van der Waals surface area contributed by atoms with Crippen LogP contribution < -0.4 is 0 Å². The molecule has 0 bridgehead atoms. The van der Waals surface area contributed by atoms with Gasteiger partial charge < -0.3 is 9.52 Å². The molecule has 60 valence electrons. The van der Waals surface area contributed by atoms with Gasteiger partial charge in [0.15, 0.2) is 4.67 Å². The lowest BCUT2D eigenvalue weighted by molar-refractivity contribution is 0.149. The summed E-state index contributed by atoms with van der Waals surface area (Å²) in [6.07, 6.45) is 1.72. The van der Waals surface area contributed by atoms with Crippen LogP contribution >= 0.6 is 15.9 Å². The zero-order chi connectivity index (χ0) is 8.06. The van der Waals surface area contributed by atoms with Gasteiger partial charge >= 0.3 is 0 Å². The Bertz CT molecular complexity index is 286. The van der Waals surface area contributed by atoms with Crippen molar-refractivity contribution in [2.24, 2.45) is 0 Å². The van der Waals surface area contributed by atoms with Crippen LogP contribution in [0.5, 0.6) is 0 Å². The number of aryl methyl sites for hydroxylation is 1. The van der Waals surface area contributed by atoms with Crippen molar-refractivity contribution in [3.63, 3.8) is 0 Å². The molecular weight excluding hydrogens is 208 g/mol. The second kappa shape index (κ2) is 2.11. The normalized spacial score (nSPS) is 20.3. The van der Waals surface area contributed by atoms with Gasteiger partial charge in [0.2, 0.25) is 0 Å². The fraction of sp³-hybridized carbons (Fsp3) is 0.500. The van der Waals surface area contributed by atoms with E-state index >= 15 is 0 Å². The smallest absolute Gasteiger partial charge is 0.169 e. The molecule has 1 aliphatic carbocycles. The summed E-state index contributed by atoms with van der Waals surface area (Å²) >= 11 is 3.23. The molecule has 2 nitrogen and oxygen atoms in total. The molecule has 3 heteroatoms. The van der Waals surface area contributed by atoms with Crippen molar-refractivity contribution in [2.75, 3.05) is 0 Å². The molecular formula is C8H9BrO2. The van der Waals surface area contributed by atoms with Crippen molar-refractivity contribution in [3.8, 4) is 0 Å². The van der Waals surface area contributed by atoms with Crippen molar-refractivity contribution in [1.82, 2.24) is 0 Å². The molecule has 1 aromatic rings. The molecule has 0 unspecified atom stereocenters. The van der Waals surface area contributed by atoms with E-state index in [1.54, 1.807) is 0 Å². The summed E-state index contributed by atoms with van der Waals surface area (Å²) in [6, 6.07) is 1.85. The summed E-state index contributed by atoms with van der Waals surface area (Å²) in [6.45, 7) is 1.87. The Hall–Kier alpha value is -0.280. The van der Waals surface area contributed by atoms with Gasteiger partial charge in [0.25, 0.3) is 0 Å². The van der Waals surface area contributed by atoms with Crippen LogP contribution in [0.3, 0.4) is 0 Å². The Morgan fingerprint density at radius 1 is 1.64 bits per heavy atom. The first kappa shape index (κ1) is 7.37. The number of halogens is 1.